The Balaban J connectivity index is 1.80. The molecule has 2 rings (SSSR count). The number of hydrogen-bond donors (Lipinski definition) is 1. The van der Waals surface area contributed by atoms with Crippen molar-refractivity contribution in [2.24, 2.45) is 17.6 Å². The standard InChI is InChI=1S/C15H28N2O2/c1-12-3-2-8-17(14(12)11-16)15(18)5-4-13-6-9-19-10-7-13/h12-14H,2-11,16H2,1H3. The van der Waals surface area contributed by atoms with Crippen molar-refractivity contribution in [3.63, 3.8) is 0 Å². The lowest BCUT2D eigenvalue weighted by molar-refractivity contribution is -0.136. The van der Waals surface area contributed by atoms with Crippen LogP contribution in [0, 0.1) is 11.8 Å². The first-order valence-electron chi connectivity index (χ1n) is 7.79. The highest BCUT2D eigenvalue weighted by molar-refractivity contribution is 5.76. The first-order valence-corrected chi connectivity index (χ1v) is 7.79. The predicted molar refractivity (Wildman–Crippen MR) is 75.7 cm³/mol. The summed E-state index contributed by atoms with van der Waals surface area (Å²) in [5, 5.41) is 0. The number of carbonyl (C=O) groups is 1. The van der Waals surface area contributed by atoms with E-state index in [4.69, 9.17) is 10.5 Å². The highest BCUT2D eigenvalue weighted by atomic mass is 16.5. The Kier molecular flexibility index (Phi) is 5.64. The molecule has 0 bridgehead atoms. The van der Waals surface area contributed by atoms with Crippen LogP contribution in [0.1, 0.15) is 45.4 Å². The van der Waals surface area contributed by atoms with Crippen molar-refractivity contribution >= 4 is 5.91 Å². The van der Waals surface area contributed by atoms with Gasteiger partial charge in [0.2, 0.25) is 5.91 Å². The molecule has 2 N–H and O–H groups in total. The third-order valence-electron chi connectivity index (χ3n) is 4.78. The minimum Gasteiger partial charge on any atom is -0.381 e. The van der Waals surface area contributed by atoms with Crippen LogP contribution in [0.3, 0.4) is 0 Å². The van der Waals surface area contributed by atoms with E-state index in [0.717, 1.165) is 45.4 Å². The fourth-order valence-corrected chi connectivity index (χ4v) is 3.42. The van der Waals surface area contributed by atoms with E-state index in [1.165, 1.54) is 6.42 Å². The molecule has 2 fully saturated rings. The Morgan fingerprint density at radius 2 is 2.05 bits per heavy atom. The summed E-state index contributed by atoms with van der Waals surface area (Å²) < 4.78 is 5.36. The van der Waals surface area contributed by atoms with Crippen molar-refractivity contribution in [2.75, 3.05) is 26.3 Å². The molecule has 4 nitrogen and oxygen atoms in total. The quantitative estimate of drug-likeness (QED) is 0.845. The molecule has 2 unspecified atom stereocenters. The van der Waals surface area contributed by atoms with Crippen molar-refractivity contribution < 1.29 is 9.53 Å². The number of nitrogens with two attached hydrogens (primary N) is 1. The molecule has 4 heteroatoms. The maximum Gasteiger partial charge on any atom is 0.222 e. The molecule has 2 heterocycles. The van der Waals surface area contributed by atoms with Gasteiger partial charge in [-0.25, -0.2) is 0 Å². The van der Waals surface area contributed by atoms with Crippen LogP contribution >= 0.6 is 0 Å². The van der Waals surface area contributed by atoms with E-state index < -0.39 is 0 Å². The smallest absolute Gasteiger partial charge is 0.222 e. The number of likely N-dealkylation sites (tertiary alicyclic amines) is 1. The Morgan fingerprint density at radius 1 is 1.32 bits per heavy atom. The lowest BCUT2D eigenvalue weighted by Gasteiger charge is -2.39. The molecule has 0 aromatic heterocycles. The van der Waals surface area contributed by atoms with Gasteiger partial charge in [0.15, 0.2) is 0 Å². The SMILES string of the molecule is CC1CCCN(C(=O)CCC2CCOCC2)C1CN. The van der Waals surface area contributed by atoms with Gasteiger partial charge in [-0.1, -0.05) is 6.92 Å². The van der Waals surface area contributed by atoms with E-state index in [1.54, 1.807) is 0 Å². The van der Waals surface area contributed by atoms with Crippen molar-refractivity contribution in [3.8, 4) is 0 Å². The van der Waals surface area contributed by atoms with Gasteiger partial charge in [-0.15, -0.1) is 0 Å². The van der Waals surface area contributed by atoms with Gasteiger partial charge in [0.25, 0.3) is 0 Å². The van der Waals surface area contributed by atoms with Gasteiger partial charge < -0.3 is 15.4 Å². The molecule has 2 saturated heterocycles. The molecule has 2 atom stereocenters. The van der Waals surface area contributed by atoms with Crippen molar-refractivity contribution in [3.05, 3.63) is 0 Å². The molecule has 110 valence electrons. The lowest BCUT2D eigenvalue weighted by Crippen LogP contribution is -2.51. The molecular weight excluding hydrogens is 240 g/mol. The monoisotopic (exact) mass is 268 g/mol. The number of carbonyl (C=O) groups excluding carboxylic acids is 1. The summed E-state index contributed by atoms with van der Waals surface area (Å²) in [7, 11) is 0. The molecule has 0 spiro atoms. The van der Waals surface area contributed by atoms with Crippen LogP contribution in [-0.4, -0.2) is 43.2 Å². The normalized spacial score (nSPS) is 29.5. The minimum absolute atomic E-state index is 0.260. The lowest BCUT2D eigenvalue weighted by atomic mass is 9.89. The molecule has 1 amide bonds. The maximum atomic E-state index is 12.4. The van der Waals surface area contributed by atoms with Crippen molar-refractivity contribution in [1.82, 2.24) is 4.90 Å². The average Bonchev–Trinajstić information content (AvgIpc) is 2.45. The van der Waals surface area contributed by atoms with Gasteiger partial charge in [-0.3, -0.25) is 4.79 Å². The summed E-state index contributed by atoms with van der Waals surface area (Å²) in [5.41, 5.74) is 5.85. The van der Waals surface area contributed by atoms with E-state index in [0.29, 0.717) is 30.7 Å². The first-order chi connectivity index (χ1) is 9.22. The number of ether oxygens (including phenoxy) is 1. The van der Waals surface area contributed by atoms with Crippen LogP contribution in [0.4, 0.5) is 0 Å². The molecule has 0 aromatic rings. The largest absolute Gasteiger partial charge is 0.381 e. The molecule has 0 radical (unpaired) electrons. The number of piperidine rings is 1. The van der Waals surface area contributed by atoms with Gasteiger partial charge in [-0.05, 0) is 43.9 Å². The fraction of sp³-hybridized carbons (Fsp3) is 0.933. The minimum atomic E-state index is 0.260. The van der Waals surface area contributed by atoms with E-state index in [9.17, 15) is 4.79 Å². The molecule has 2 aliphatic rings. The summed E-state index contributed by atoms with van der Waals surface area (Å²) in [6.07, 6.45) is 6.26. The number of nitrogens with zero attached hydrogens (tertiary/aromatic N) is 1. The molecule has 19 heavy (non-hydrogen) atoms. The van der Waals surface area contributed by atoms with Gasteiger partial charge in [0.05, 0.1) is 0 Å². The molecule has 0 aliphatic carbocycles. The van der Waals surface area contributed by atoms with Gasteiger partial charge in [0.1, 0.15) is 0 Å². The summed E-state index contributed by atoms with van der Waals surface area (Å²) in [4.78, 5) is 14.4. The average molecular weight is 268 g/mol. The molecule has 2 aliphatic heterocycles. The third kappa shape index (κ3) is 3.93. The Bertz CT molecular complexity index is 290. The van der Waals surface area contributed by atoms with Crippen LogP contribution in [0.25, 0.3) is 0 Å². The number of amides is 1. The second kappa shape index (κ2) is 7.25. The Morgan fingerprint density at radius 3 is 2.74 bits per heavy atom. The zero-order valence-corrected chi connectivity index (χ0v) is 12.1. The van der Waals surface area contributed by atoms with Crippen molar-refractivity contribution in [1.29, 1.82) is 0 Å². The summed E-state index contributed by atoms with van der Waals surface area (Å²) in [6, 6.07) is 0.260. The van der Waals surface area contributed by atoms with E-state index >= 15 is 0 Å². The summed E-state index contributed by atoms with van der Waals surface area (Å²) >= 11 is 0. The Labute approximate surface area is 116 Å². The van der Waals surface area contributed by atoms with E-state index in [-0.39, 0.29) is 6.04 Å². The summed E-state index contributed by atoms with van der Waals surface area (Å²) in [5.74, 6) is 1.54. The van der Waals surface area contributed by atoms with Crippen LogP contribution in [0.2, 0.25) is 0 Å². The van der Waals surface area contributed by atoms with Crippen LogP contribution in [0.15, 0.2) is 0 Å². The molecular formula is C15H28N2O2. The highest BCUT2D eigenvalue weighted by Gasteiger charge is 2.30. The zero-order valence-electron chi connectivity index (χ0n) is 12.1. The first kappa shape index (κ1) is 14.8. The van der Waals surface area contributed by atoms with E-state index in [1.807, 2.05) is 4.90 Å². The van der Waals surface area contributed by atoms with Crippen LogP contribution < -0.4 is 5.73 Å². The second-order valence-corrected chi connectivity index (χ2v) is 6.10. The second-order valence-electron chi connectivity index (χ2n) is 6.10. The predicted octanol–water partition coefficient (Wildman–Crippen LogP) is 1.78. The molecule has 0 saturated carbocycles. The summed E-state index contributed by atoms with van der Waals surface area (Å²) in [6.45, 7) is 5.45. The zero-order chi connectivity index (χ0) is 13.7. The van der Waals surface area contributed by atoms with Gasteiger partial charge in [0, 0.05) is 38.8 Å². The van der Waals surface area contributed by atoms with Crippen LogP contribution in [-0.2, 0) is 9.53 Å². The topological polar surface area (TPSA) is 55.6 Å². The maximum absolute atomic E-state index is 12.4. The number of rotatable bonds is 4. The number of hydrogen-bond acceptors (Lipinski definition) is 3. The fourth-order valence-electron chi connectivity index (χ4n) is 3.42. The van der Waals surface area contributed by atoms with E-state index in [2.05, 4.69) is 6.92 Å². The van der Waals surface area contributed by atoms with Gasteiger partial charge in [-0.2, -0.15) is 0 Å². The van der Waals surface area contributed by atoms with Crippen molar-refractivity contribution in [2.45, 2.75) is 51.5 Å². The highest BCUT2D eigenvalue weighted by Crippen LogP contribution is 2.25. The Hall–Kier alpha value is -0.610. The van der Waals surface area contributed by atoms with Gasteiger partial charge >= 0.3 is 0 Å². The molecule has 0 aromatic carbocycles. The van der Waals surface area contributed by atoms with Crippen LogP contribution in [0.5, 0.6) is 0 Å². The third-order valence-corrected chi connectivity index (χ3v) is 4.78.